The highest BCUT2D eigenvalue weighted by atomic mass is 79.9. The number of rotatable bonds is 4. The fourth-order valence-electron chi connectivity index (χ4n) is 2.52. The Kier molecular flexibility index (Phi) is 5.03. The maximum Gasteiger partial charge on any atom is 0.179 e. The number of sulfone groups is 1. The Morgan fingerprint density at radius 3 is 2.32 bits per heavy atom. The Morgan fingerprint density at radius 1 is 1.16 bits per heavy atom. The van der Waals surface area contributed by atoms with Gasteiger partial charge in [-0.3, -0.25) is 4.90 Å². The molecule has 1 aliphatic heterocycles. The van der Waals surface area contributed by atoms with Gasteiger partial charge < -0.3 is 0 Å². The predicted octanol–water partition coefficient (Wildman–Crippen LogP) is 3.10. The summed E-state index contributed by atoms with van der Waals surface area (Å²) in [6, 6.07) is 6.98. The van der Waals surface area contributed by atoms with Gasteiger partial charge in [0.25, 0.3) is 0 Å². The van der Waals surface area contributed by atoms with Crippen molar-refractivity contribution in [3.05, 3.63) is 28.7 Å². The van der Waals surface area contributed by atoms with E-state index >= 15 is 0 Å². The van der Waals surface area contributed by atoms with Crippen LogP contribution in [0.25, 0.3) is 0 Å². The van der Waals surface area contributed by atoms with Crippen molar-refractivity contribution in [3.8, 4) is 0 Å². The minimum absolute atomic E-state index is 0.0916. The molecule has 1 aromatic rings. The molecule has 0 aliphatic carbocycles. The zero-order chi connectivity index (χ0) is 13.9. The molecule has 1 heterocycles. The van der Waals surface area contributed by atoms with E-state index < -0.39 is 9.84 Å². The van der Waals surface area contributed by atoms with Gasteiger partial charge >= 0.3 is 0 Å². The Labute approximate surface area is 124 Å². The second-order valence-electron chi connectivity index (χ2n) is 5.18. The minimum Gasteiger partial charge on any atom is -0.300 e. The maximum atomic E-state index is 12.4. The van der Waals surface area contributed by atoms with Crippen molar-refractivity contribution >= 4 is 25.8 Å². The van der Waals surface area contributed by atoms with Crippen LogP contribution in [0.1, 0.15) is 26.2 Å². The third-order valence-corrected chi connectivity index (χ3v) is 6.09. The fraction of sp³-hybridized carbons (Fsp3) is 0.571. The summed E-state index contributed by atoms with van der Waals surface area (Å²) in [6.07, 6.45) is 3.63. The molecule has 2 rings (SSSR count). The van der Waals surface area contributed by atoms with Gasteiger partial charge in [-0.15, -0.1) is 0 Å². The molecule has 106 valence electrons. The summed E-state index contributed by atoms with van der Waals surface area (Å²) in [4.78, 5) is 2.71. The molecule has 1 unspecified atom stereocenters. The molecule has 1 saturated heterocycles. The summed E-state index contributed by atoms with van der Waals surface area (Å²) in [5, 5.41) is 0. The van der Waals surface area contributed by atoms with E-state index in [1.165, 1.54) is 19.3 Å². The van der Waals surface area contributed by atoms with E-state index in [1.807, 2.05) is 6.92 Å². The smallest absolute Gasteiger partial charge is 0.179 e. The maximum absolute atomic E-state index is 12.4. The van der Waals surface area contributed by atoms with Crippen LogP contribution in [0.2, 0.25) is 0 Å². The molecule has 1 fully saturated rings. The number of hydrogen-bond acceptors (Lipinski definition) is 3. The number of hydrogen-bond donors (Lipinski definition) is 0. The standard InChI is InChI=1S/C14H20BrNO2S/c1-12(16-9-3-2-4-10-16)11-19(17,18)14-7-5-13(15)6-8-14/h5-8,12H,2-4,9-11H2,1H3. The summed E-state index contributed by atoms with van der Waals surface area (Å²) in [5.74, 6) is 0.203. The molecule has 5 heteroatoms. The van der Waals surface area contributed by atoms with E-state index in [0.717, 1.165) is 17.6 Å². The van der Waals surface area contributed by atoms with E-state index in [0.29, 0.717) is 4.90 Å². The molecule has 1 aliphatic rings. The van der Waals surface area contributed by atoms with Crippen molar-refractivity contribution in [2.75, 3.05) is 18.8 Å². The Morgan fingerprint density at radius 2 is 1.74 bits per heavy atom. The first-order chi connectivity index (χ1) is 8.99. The van der Waals surface area contributed by atoms with Crippen molar-refractivity contribution in [2.45, 2.75) is 37.1 Å². The quantitative estimate of drug-likeness (QED) is 0.841. The molecule has 3 nitrogen and oxygen atoms in total. The molecular formula is C14H20BrNO2S. The van der Waals surface area contributed by atoms with Crippen LogP contribution in [0, 0.1) is 0 Å². The van der Waals surface area contributed by atoms with Gasteiger partial charge in [0.15, 0.2) is 9.84 Å². The summed E-state index contributed by atoms with van der Waals surface area (Å²) < 4.78 is 25.6. The second-order valence-corrected chi connectivity index (χ2v) is 8.13. The zero-order valence-corrected chi connectivity index (χ0v) is 13.6. The third kappa shape index (κ3) is 4.04. The average molecular weight is 346 g/mol. The zero-order valence-electron chi connectivity index (χ0n) is 11.2. The number of nitrogens with zero attached hydrogens (tertiary/aromatic N) is 1. The lowest BCUT2D eigenvalue weighted by atomic mass is 10.1. The van der Waals surface area contributed by atoms with Gasteiger partial charge in [0.1, 0.15) is 0 Å². The summed E-state index contributed by atoms with van der Waals surface area (Å²) in [5.41, 5.74) is 0. The van der Waals surface area contributed by atoms with Gasteiger partial charge in [-0.1, -0.05) is 22.4 Å². The average Bonchev–Trinajstić information content (AvgIpc) is 2.40. The van der Waals surface area contributed by atoms with Crippen LogP contribution >= 0.6 is 15.9 Å². The lowest BCUT2D eigenvalue weighted by Crippen LogP contribution is -2.41. The molecule has 19 heavy (non-hydrogen) atoms. The van der Waals surface area contributed by atoms with Gasteiger partial charge in [0.2, 0.25) is 0 Å². The predicted molar refractivity (Wildman–Crippen MR) is 81.1 cm³/mol. The summed E-state index contributed by atoms with van der Waals surface area (Å²) in [7, 11) is -3.19. The van der Waals surface area contributed by atoms with Crippen LogP contribution in [0.3, 0.4) is 0 Å². The molecule has 0 aromatic heterocycles. The van der Waals surface area contributed by atoms with E-state index in [9.17, 15) is 8.42 Å². The molecule has 0 radical (unpaired) electrons. The Balaban J connectivity index is 2.05. The molecule has 0 N–H and O–H groups in total. The molecular weight excluding hydrogens is 326 g/mol. The molecule has 0 spiro atoms. The van der Waals surface area contributed by atoms with E-state index in [-0.39, 0.29) is 11.8 Å². The monoisotopic (exact) mass is 345 g/mol. The van der Waals surface area contributed by atoms with Crippen molar-refractivity contribution < 1.29 is 8.42 Å². The fourth-order valence-corrected chi connectivity index (χ4v) is 4.37. The lowest BCUT2D eigenvalue weighted by Gasteiger charge is -2.32. The third-order valence-electron chi connectivity index (χ3n) is 3.65. The lowest BCUT2D eigenvalue weighted by molar-refractivity contribution is 0.186. The van der Waals surface area contributed by atoms with Gasteiger partial charge in [0, 0.05) is 10.5 Å². The number of piperidine rings is 1. The van der Waals surface area contributed by atoms with E-state index in [1.54, 1.807) is 24.3 Å². The van der Waals surface area contributed by atoms with Crippen LogP contribution in [-0.4, -0.2) is 38.2 Å². The highest BCUT2D eigenvalue weighted by molar-refractivity contribution is 9.10. The summed E-state index contributed by atoms with van der Waals surface area (Å²) >= 11 is 3.32. The van der Waals surface area contributed by atoms with Crippen molar-refractivity contribution in [1.29, 1.82) is 0 Å². The Hall–Kier alpha value is -0.390. The molecule has 0 amide bonds. The molecule has 0 bridgehead atoms. The van der Waals surface area contributed by atoms with Crippen molar-refractivity contribution in [2.24, 2.45) is 0 Å². The van der Waals surface area contributed by atoms with E-state index in [2.05, 4.69) is 20.8 Å². The second kappa shape index (κ2) is 6.37. The van der Waals surface area contributed by atoms with Crippen molar-refractivity contribution in [1.82, 2.24) is 4.90 Å². The first-order valence-corrected chi connectivity index (χ1v) is 9.16. The number of benzene rings is 1. The highest BCUT2D eigenvalue weighted by Gasteiger charge is 2.23. The van der Waals surface area contributed by atoms with Gasteiger partial charge in [-0.05, 0) is 57.1 Å². The summed E-state index contributed by atoms with van der Waals surface area (Å²) in [6.45, 7) is 4.07. The van der Waals surface area contributed by atoms with Crippen LogP contribution in [-0.2, 0) is 9.84 Å². The molecule has 1 aromatic carbocycles. The highest BCUT2D eigenvalue weighted by Crippen LogP contribution is 2.19. The van der Waals surface area contributed by atoms with Crippen LogP contribution in [0.4, 0.5) is 0 Å². The van der Waals surface area contributed by atoms with Gasteiger partial charge in [0.05, 0.1) is 10.6 Å². The first kappa shape index (κ1) is 15.0. The van der Waals surface area contributed by atoms with Gasteiger partial charge in [-0.2, -0.15) is 0 Å². The molecule has 1 atom stereocenters. The normalized spacial score (nSPS) is 19.3. The van der Waals surface area contributed by atoms with Crippen LogP contribution in [0.15, 0.2) is 33.6 Å². The topological polar surface area (TPSA) is 37.4 Å². The van der Waals surface area contributed by atoms with E-state index in [4.69, 9.17) is 0 Å². The van der Waals surface area contributed by atoms with Crippen LogP contribution < -0.4 is 0 Å². The first-order valence-electron chi connectivity index (χ1n) is 6.71. The SMILES string of the molecule is CC(CS(=O)(=O)c1ccc(Br)cc1)N1CCCCC1. The number of halogens is 1. The largest absolute Gasteiger partial charge is 0.300 e. The minimum atomic E-state index is -3.19. The van der Waals surface area contributed by atoms with Crippen molar-refractivity contribution in [3.63, 3.8) is 0 Å². The van der Waals surface area contributed by atoms with Gasteiger partial charge in [-0.25, -0.2) is 8.42 Å². The Bertz CT molecular complexity index is 507. The van der Waals surface area contributed by atoms with Crippen LogP contribution in [0.5, 0.6) is 0 Å². The molecule has 0 saturated carbocycles. The number of likely N-dealkylation sites (tertiary alicyclic amines) is 1.